The molecule has 29 heavy (non-hydrogen) atoms. The summed E-state index contributed by atoms with van der Waals surface area (Å²) < 4.78 is 0. The van der Waals surface area contributed by atoms with Crippen molar-refractivity contribution in [2.45, 2.75) is 13.0 Å². The van der Waals surface area contributed by atoms with Crippen molar-refractivity contribution in [2.24, 2.45) is 0 Å². The molecule has 1 unspecified atom stereocenters. The largest absolute Gasteiger partial charge is 0.328 e. The summed E-state index contributed by atoms with van der Waals surface area (Å²) in [6.45, 7) is 4.00. The van der Waals surface area contributed by atoms with Gasteiger partial charge in [-0.25, -0.2) is 4.98 Å². The van der Waals surface area contributed by atoms with Crippen LogP contribution in [-0.4, -0.2) is 40.4 Å². The Kier molecular flexibility index (Phi) is 8.43. The Bertz CT molecular complexity index is 967. The highest BCUT2D eigenvalue weighted by atomic mass is 35.5. The van der Waals surface area contributed by atoms with Gasteiger partial charge in [0.1, 0.15) is 9.88 Å². The lowest BCUT2D eigenvalue weighted by Gasteiger charge is -2.36. The van der Waals surface area contributed by atoms with E-state index in [-0.39, 0.29) is 36.8 Å². The van der Waals surface area contributed by atoms with Crippen LogP contribution in [0.15, 0.2) is 48.7 Å². The molecule has 1 aromatic carbocycles. The van der Waals surface area contributed by atoms with E-state index in [0.29, 0.717) is 23.0 Å². The Hall–Kier alpha value is -1.70. The molecular formula is C20H21Cl3N4OS. The van der Waals surface area contributed by atoms with Crippen molar-refractivity contribution in [1.82, 2.24) is 20.2 Å². The van der Waals surface area contributed by atoms with Crippen LogP contribution in [-0.2, 0) is 0 Å². The summed E-state index contributed by atoms with van der Waals surface area (Å²) in [6.07, 6.45) is 1.74. The molecule has 0 radical (unpaired) electrons. The fourth-order valence-electron chi connectivity index (χ4n) is 3.28. The average Bonchev–Trinajstić information content (AvgIpc) is 3.10. The van der Waals surface area contributed by atoms with E-state index in [2.05, 4.69) is 15.3 Å². The van der Waals surface area contributed by atoms with E-state index in [1.807, 2.05) is 54.3 Å². The van der Waals surface area contributed by atoms with Crippen LogP contribution < -0.4 is 5.32 Å². The molecule has 9 heteroatoms. The molecule has 0 aliphatic carbocycles. The van der Waals surface area contributed by atoms with Crippen molar-refractivity contribution in [2.75, 3.05) is 19.6 Å². The highest BCUT2D eigenvalue weighted by molar-refractivity contribution is 7.17. The van der Waals surface area contributed by atoms with Crippen LogP contribution >= 0.6 is 47.8 Å². The zero-order valence-electron chi connectivity index (χ0n) is 15.7. The third-order valence-corrected chi connectivity index (χ3v) is 6.02. The van der Waals surface area contributed by atoms with E-state index in [1.165, 1.54) is 11.3 Å². The van der Waals surface area contributed by atoms with Gasteiger partial charge in [0.25, 0.3) is 5.91 Å². The molecule has 1 atom stereocenters. The molecule has 0 bridgehead atoms. The minimum absolute atomic E-state index is 0. The van der Waals surface area contributed by atoms with Gasteiger partial charge in [-0.2, -0.15) is 0 Å². The minimum atomic E-state index is -0.0512. The molecule has 1 aliphatic rings. The van der Waals surface area contributed by atoms with Crippen LogP contribution in [0, 0.1) is 6.92 Å². The monoisotopic (exact) mass is 470 g/mol. The Labute approximate surface area is 191 Å². The zero-order chi connectivity index (χ0) is 18.8. The van der Waals surface area contributed by atoms with Gasteiger partial charge >= 0.3 is 0 Å². The number of nitrogens with one attached hydrogen (secondary N) is 1. The standard InChI is InChI=1S/C20H19ClN4OS.2ClH/c1-13-18(27-19(24-13)16-7-2-3-8-23-16)20(26)25-10-9-22-12-17(25)14-5-4-6-15(21)11-14;;/h2-8,11,17,22H,9-10,12H2,1H3;2*1H. The molecule has 4 rings (SSSR count). The number of hydrogen-bond donors (Lipinski definition) is 1. The first-order valence-electron chi connectivity index (χ1n) is 8.79. The van der Waals surface area contributed by atoms with Crippen LogP contribution in [0.3, 0.4) is 0 Å². The molecule has 5 nitrogen and oxygen atoms in total. The van der Waals surface area contributed by atoms with E-state index in [9.17, 15) is 4.79 Å². The molecule has 0 saturated carbocycles. The summed E-state index contributed by atoms with van der Waals surface area (Å²) in [4.78, 5) is 24.9. The van der Waals surface area contributed by atoms with Gasteiger partial charge in [-0.3, -0.25) is 9.78 Å². The Morgan fingerprint density at radius 3 is 2.79 bits per heavy atom. The lowest BCUT2D eigenvalue weighted by Crippen LogP contribution is -2.48. The molecule has 1 amide bonds. The normalized spacial score (nSPS) is 15.9. The highest BCUT2D eigenvalue weighted by Gasteiger charge is 2.31. The van der Waals surface area contributed by atoms with Crippen LogP contribution in [0.2, 0.25) is 5.02 Å². The Morgan fingerprint density at radius 1 is 1.24 bits per heavy atom. The summed E-state index contributed by atoms with van der Waals surface area (Å²) in [6, 6.07) is 13.4. The van der Waals surface area contributed by atoms with E-state index < -0.39 is 0 Å². The molecule has 3 aromatic rings. The van der Waals surface area contributed by atoms with Crippen molar-refractivity contribution < 1.29 is 4.79 Å². The number of rotatable bonds is 3. The quantitative estimate of drug-likeness (QED) is 0.596. The van der Waals surface area contributed by atoms with E-state index >= 15 is 0 Å². The number of benzene rings is 1. The molecule has 2 aromatic heterocycles. The smallest absolute Gasteiger partial charge is 0.266 e. The lowest BCUT2D eigenvalue weighted by atomic mass is 10.0. The number of carbonyl (C=O) groups is 1. The number of thiazole rings is 1. The third kappa shape index (κ3) is 5.08. The number of aryl methyl sites for hydroxylation is 1. The average molecular weight is 472 g/mol. The first-order chi connectivity index (χ1) is 13.1. The summed E-state index contributed by atoms with van der Waals surface area (Å²) in [7, 11) is 0. The van der Waals surface area contributed by atoms with E-state index in [4.69, 9.17) is 11.6 Å². The number of aromatic nitrogens is 2. The molecule has 3 heterocycles. The van der Waals surface area contributed by atoms with Crippen LogP contribution in [0.4, 0.5) is 0 Å². The Morgan fingerprint density at radius 2 is 2.07 bits per heavy atom. The van der Waals surface area contributed by atoms with Gasteiger partial charge in [0, 0.05) is 30.9 Å². The molecule has 0 spiro atoms. The number of amides is 1. The first-order valence-corrected chi connectivity index (χ1v) is 9.99. The van der Waals surface area contributed by atoms with Gasteiger partial charge in [-0.15, -0.1) is 36.2 Å². The van der Waals surface area contributed by atoms with Crippen LogP contribution in [0.25, 0.3) is 10.7 Å². The lowest BCUT2D eigenvalue weighted by molar-refractivity contribution is 0.0638. The Balaban J connectivity index is 0.00000150. The van der Waals surface area contributed by atoms with E-state index in [0.717, 1.165) is 28.5 Å². The number of halogens is 3. The first kappa shape index (κ1) is 23.6. The SMILES string of the molecule is Cc1nc(-c2ccccn2)sc1C(=O)N1CCNCC1c1cccc(Cl)c1.Cl.Cl. The van der Waals surface area contributed by atoms with Gasteiger partial charge in [-0.05, 0) is 36.8 Å². The van der Waals surface area contributed by atoms with Crippen LogP contribution in [0.1, 0.15) is 27.0 Å². The maximum atomic E-state index is 13.3. The second-order valence-electron chi connectivity index (χ2n) is 6.42. The summed E-state index contributed by atoms with van der Waals surface area (Å²) >= 11 is 7.57. The zero-order valence-corrected chi connectivity index (χ0v) is 18.9. The topological polar surface area (TPSA) is 58.1 Å². The van der Waals surface area contributed by atoms with Gasteiger partial charge in [0.15, 0.2) is 0 Å². The second-order valence-corrected chi connectivity index (χ2v) is 7.86. The predicted molar refractivity (Wildman–Crippen MR) is 123 cm³/mol. The van der Waals surface area contributed by atoms with Crippen LogP contribution in [0.5, 0.6) is 0 Å². The highest BCUT2D eigenvalue weighted by Crippen LogP contribution is 2.31. The van der Waals surface area contributed by atoms with Crippen molar-refractivity contribution in [3.05, 3.63) is 69.8 Å². The van der Waals surface area contributed by atoms with Gasteiger partial charge in [0.05, 0.1) is 17.4 Å². The minimum Gasteiger partial charge on any atom is -0.328 e. The number of nitrogens with zero attached hydrogens (tertiary/aromatic N) is 3. The maximum Gasteiger partial charge on any atom is 0.266 e. The molecule has 154 valence electrons. The number of pyridine rings is 1. The number of hydrogen-bond acceptors (Lipinski definition) is 5. The van der Waals surface area contributed by atoms with Gasteiger partial charge in [0.2, 0.25) is 0 Å². The van der Waals surface area contributed by atoms with Crippen molar-refractivity contribution in [1.29, 1.82) is 0 Å². The fourth-order valence-corrected chi connectivity index (χ4v) is 4.48. The molecular weight excluding hydrogens is 451 g/mol. The summed E-state index contributed by atoms with van der Waals surface area (Å²) in [5.74, 6) is 0.0126. The van der Waals surface area contributed by atoms with Crippen molar-refractivity contribution in [3.63, 3.8) is 0 Å². The van der Waals surface area contributed by atoms with Crippen molar-refractivity contribution >= 4 is 53.7 Å². The predicted octanol–water partition coefficient (Wildman–Crippen LogP) is 4.80. The van der Waals surface area contributed by atoms with Crippen molar-refractivity contribution in [3.8, 4) is 10.7 Å². The summed E-state index contributed by atoms with van der Waals surface area (Å²) in [5, 5.41) is 4.82. The van der Waals surface area contributed by atoms with E-state index in [1.54, 1.807) is 6.20 Å². The molecule has 1 fully saturated rings. The molecule has 1 aliphatic heterocycles. The number of carbonyl (C=O) groups excluding carboxylic acids is 1. The molecule has 1 N–H and O–H groups in total. The van der Waals surface area contributed by atoms with Gasteiger partial charge in [-0.1, -0.05) is 29.8 Å². The fraction of sp³-hybridized carbons (Fsp3) is 0.250. The summed E-state index contributed by atoms with van der Waals surface area (Å²) in [5.41, 5.74) is 2.57. The van der Waals surface area contributed by atoms with Gasteiger partial charge < -0.3 is 10.2 Å². The second kappa shape index (κ2) is 10.4. The third-order valence-electron chi connectivity index (χ3n) is 4.61. The molecule has 1 saturated heterocycles. The maximum absolute atomic E-state index is 13.3. The number of piperazine rings is 1.